The zero-order valence-corrected chi connectivity index (χ0v) is 9.82. The summed E-state index contributed by atoms with van der Waals surface area (Å²) in [4.78, 5) is 11.8. The number of rotatable bonds is 2. The summed E-state index contributed by atoms with van der Waals surface area (Å²) >= 11 is 0. The van der Waals surface area contributed by atoms with Gasteiger partial charge in [-0.05, 0) is 23.2 Å². The number of aromatic nitrogens is 2. The van der Waals surface area contributed by atoms with Gasteiger partial charge in [-0.1, -0.05) is 32.1 Å². The molecule has 17 heavy (non-hydrogen) atoms. The number of hydrogen-bond acceptors (Lipinski definition) is 5. The van der Waals surface area contributed by atoms with Gasteiger partial charge in [0.05, 0.1) is 0 Å². The number of carbonyl (C=O) groups excluding carboxylic acids is 1. The third-order valence-electron chi connectivity index (χ3n) is 3.17. The Morgan fingerprint density at radius 1 is 1.18 bits per heavy atom. The van der Waals surface area contributed by atoms with Crippen LogP contribution in [-0.4, -0.2) is 22.3 Å². The van der Waals surface area contributed by atoms with E-state index in [-0.39, 0.29) is 23.5 Å². The summed E-state index contributed by atoms with van der Waals surface area (Å²) in [5, 5.41) is 9.84. The minimum Gasteiger partial charge on any atom is -0.379 e. The number of nitrogen functional groups attached to an aromatic ring is 1. The quantitative estimate of drug-likeness (QED) is 0.814. The number of carbonyl (C=O) groups is 1. The summed E-state index contributed by atoms with van der Waals surface area (Å²) < 4.78 is 4.41. The van der Waals surface area contributed by atoms with Gasteiger partial charge in [0.2, 0.25) is 11.5 Å². The van der Waals surface area contributed by atoms with Crippen LogP contribution >= 0.6 is 0 Å². The smallest absolute Gasteiger partial charge is 0.277 e. The monoisotopic (exact) mass is 238 g/mol. The van der Waals surface area contributed by atoms with Gasteiger partial charge in [-0.25, -0.2) is 4.63 Å². The molecular weight excluding hydrogens is 220 g/mol. The fourth-order valence-electron chi connectivity index (χ4n) is 2.21. The van der Waals surface area contributed by atoms with E-state index >= 15 is 0 Å². The molecule has 1 aliphatic rings. The molecule has 0 aliphatic heterocycles. The van der Waals surface area contributed by atoms with Crippen molar-refractivity contribution in [3.8, 4) is 0 Å². The zero-order chi connectivity index (χ0) is 12.1. The Kier molecular flexibility index (Phi) is 3.95. The van der Waals surface area contributed by atoms with Crippen LogP contribution < -0.4 is 11.1 Å². The van der Waals surface area contributed by atoms with Gasteiger partial charge in [-0.3, -0.25) is 4.79 Å². The number of nitrogens with two attached hydrogens (primary N) is 1. The number of anilines is 1. The van der Waals surface area contributed by atoms with Crippen molar-refractivity contribution in [2.75, 3.05) is 5.73 Å². The van der Waals surface area contributed by atoms with Gasteiger partial charge in [0.1, 0.15) is 0 Å². The fourth-order valence-corrected chi connectivity index (χ4v) is 2.21. The first-order valence-corrected chi connectivity index (χ1v) is 6.16. The minimum absolute atomic E-state index is 0.0494. The van der Waals surface area contributed by atoms with Crippen LogP contribution in [0.5, 0.6) is 0 Å². The third kappa shape index (κ3) is 3.18. The number of amides is 1. The van der Waals surface area contributed by atoms with Gasteiger partial charge in [0, 0.05) is 6.04 Å². The van der Waals surface area contributed by atoms with Crippen molar-refractivity contribution in [1.82, 2.24) is 15.6 Å². The van der Waals surface area contributed by atoms with Crippen molar-refractivity contribution in [2.24, 2.45) is 0 Å². The lowest BCUT2D eigenvalue weighted by atomic mass is 9.96. The van der Waals surface area contributed by atoms with E-state index in [9.17, 15) is 4.79 Å². The lowest BCUT2D eigenvalue weighted by Gasteiger charge is -2.20. The SMILES string of the molecule is Nc1nonc1C(=O)NC1CCCCCCC1. The van der Waals surface area contributed by atoms with E-state index in [4.69, 9.17) is 5.73 Å². The summed E-state index contributed by atoms with van der Waals surface area (Å²) in [6, 6.07) is 0.221. The van der Waals surface area contributed by atoms with Crippen LogP contribution in [0.1, 0.15) is 55.4 Å². The summed E-state index contributed by atoms with van der Waals surface area (Å²) in [5.74, 6) is -0.234. The predicted molar refractivity (Wildman–Crippen MR) is 62.3 cm³/mol. The Balaban J connectivity index is 1.91. The molecule has 0 bridgehead atoms. The van der Waals surface area contributed by atoms with E-state index in [0.717, 1.165) is 25.7 Å². The maximum atomic E-state index is 11.8. The molecule has 94 valence electrons. The number of hydrogen-bond donors (Lipinski definition) is 2. The first-order valence-electron chi connectivity index (χ1n) is 6.16. The molecule has 3 N–H and O–H groups in total. The minimum atomic E-state index is -0.283. The van der Waals surface area contributed by atoms with Gasteiger partial charge in [-0.2, -0.15) is 0 Å². The van der Waals surface area contributed by atoms with Crippen LogP contribution in [0.2, 0.25) is 0 Å². The number of nitrogens with zero attached hydrogens (tertiary/aromatic N) is 2. The molecule has 1 amide bonds. The third-order valence-corrected chi connectivity index (χ3v) is 3.17. The largest absolute Gasteiger partial charge is 0.379 e. The van der Waals surface area contributed by atoms with Crippen LogP contribution in [0.15, 0.2) is 4.63 Å². The summed E-state index contributed by atoms with van der Waals surface area (Å²) in [7, 11) is 0. The molecule has 0 atom stereocenters. The van der Waals surface area contributed by atoms with E-state index in [1.807, 2.05) is 0 Å². The van der Waals surface area contributed by atoms with E-state index < -0.39 is 0 Å². The second-order valence-electron chi connectivity index (χ2n) is 4.51. The standard InChI is InChI=1S/C11H18N4O2/c12-10-9(14-17-15-10)11(16)13-8-6-4-2-1-3-5-7-8/h8H,1-7H2,(H2,12,15)(H,13,16). The normalized spacial score (nSPS) is 18.4. The average molecular weight is 238 g/mol. The highest BCUT2D eigenvalue weighted by Gasteiger charge is 2.20. The maximum Gasteiger partial charge on any atom is 0.277 e. The highest BCUT2D eigenvalue weighted by molar-refractivity contribution is 5.96. The van der Waals surface area contributed by atoms with Crippen molar-refractivity contribution in [3.05, 3.63) is 5.69 Å². The fraction of sp³-hybridized carbons (Fsp3) is 0.727. The lowest BCUT2D eigenvalue weighted by Crippen LogP contribution is -2.35. The van der Waals surface area contributed by atoms with Crippen LogP contribution in [0.25, 0.3) is 0 Å². The summed E-state index contributed by atoms with van der Waals surface area (Å²) in [5.41, 5.74) is 5.56. The summed E-state index contributed by atoms with van der Waals surface area (Å²) in [6.07, 6.45) is 8.18. The lowest BCUT2D eigenvalue weighted by molar-refractivity contribution is 0.0921. The topological polar surface area (TPSA) is 94.0 Å². The molecule has 2 rings (SSSR count). The highest BCUT2D eigenvalue weighted by Crippen LogP contribution is 2.17. The van der Waals surface area contributed by atoms with Crippen LogP contribution in [0.4, 0.5) is 5.82 Å². The number of nitrogens with one attached hydrogen (secondary N) is 1. The first-order chi connectivity index (χ1) is 8.27. The predicted octanol–water partition coefficient (Wildman–Crippen LogP) is 1.49. The molecule has 1 aromatic heterocycles. The maximum absolute atomic E-state index is 11.8. The molecule has 1 aromatic rings. The van der Waals surface area contributed by atoms with Gasteiger partial charge in [-0.15, -0.1) is 0 Å². The molecule has 1 heterocycles. The van der Waals surface area contributed by atoms with Crippen LogP contribution in [0.3, 0.4) is 0 Å². The molecule has 0 saturated heterocycles. The van der Waals surface area contributed by atoms with E-state index in [2.05, 4.69) is 20.3 Å². The molecule has 0 spiro atoms. The second-order valence-corrected chi connectivity index (χ2v) is 4.51. The molecule has 6 nitrogen and oxygen atoms in total. The van der Waals surface area contributed by atoms with Crippen LogP contribution in [-0.2, 0) is 0 Å². The molecule has 6 heteroatoms. The van der Waals surface area contributed by atoms with Crippen molar-refractivity contribution in [2.45, 2.75) is 51.0 Å². The van der Waals surface area contributed by atoms with E-state index in [1.54, 1.807) is 0 Å². The Bertz CT molecular complexity index is 369. The van der Waals surface area contributed by atoms with E-state index in [1.165, 1.54) is 19.3 Å². The van der Waals surface area contributed by atoms with Crippen molar-refractivity contribution < 1.29 is 9.42 Å². The van der Waals surface area contributed by atoms with Crippen LogP contribution in [0, 0.1) is 0 Å². The van der Waals surface area contributed by atoms with E-state index in [0.29, 0.717) is 0 Å². The van der Waals surface area contributed by atoms with Gasteiger partial charge < -0.3 is 11.1 Å². The first kappa shape index (κ1) is 11.9. The zero-order valence-electron chi connectivity index (χ0n) is 9.82. The van der Waals surface area contributed by atoms with Crippen molar-refractivity contribution in [1.29, 1.82) is 0 Å². The highest BCUT2D eigenvalue weighted by atomic mass is 16.6. The Labute approximate surface area is 99.9 Å². The molecule has 0 aromatic carbocycles. The second kappa shape index (κ2) is 5.65. The summed E-state index contributed by atoms with van der Waals surface area (Å²) in [6.45, 7) is 0. The van der Waals surface area contributed by atoms with Crippen molar-refractivity contribution >= 4 is 11.7 Å². The molecule has 1 fully saturated rings. The average Bonchev–Trinajstić information content (AvgIpc) is 2.68. The van der Waals surface area contributed by atoms with Crippen molar-refractivity contribution in [3.63, 3.8) is 0 Å². The molecular formula is C11H18N4O2. The molecule has 1 saturated carbocycles. The van der Waals surface area contributed by atoms with Gasteiger partial charge in [0.15, 0.2) is 0 Å². The Morgan fingerprint density at radius 3 is 2.41 bits per heavy atom. The van der Waals surface area contributed by atoms with Gasteiger partial charge in [0.25, 0.3) is 5.91 Å². The Hall–Kier alpha value is -1.59. The Morgan fingerprint density at radius 2 is 1.82 bits per heavy atom. The van der Waals surface area contributed by atoms with Gasteiger partial charge >= 0.3 is 0 Å². The molecule has 0 unspecified atom stereocenters. The molecule has 0 radical (unpaired) electrons. The molecule has 1 aliphatic carbocycles.